The molecule has 8 nitrogen and oxygen atoms in total. The van der Waals surface area contributed by atoms with Crippen molar-refractivity contribution in [3.8, 4) is 10.6 Å². The summed E-state index contributed by atoms with van der Waals surface area (Å²) in [5, 5.41) is 6.31. The zero-order valence-electron chi connectivity index (χ0n) is 21.7. The van der Waals surface area contributed by atoms with Crippen LogP contribution in [0.3, 0.4) is 0 Å². The number of hydrogen-bond acceptors (Lipinski definition) is 8. The maximum atomic E-state index is 14.1. The highest BCUT2D eigenvalue weighted by atomic mass is 32.2. The van der Waals surface area contributed by atoms with E-state index in [0.717, 1.165) is 43.0 Å². The minimum atomic E-state index is -4.95. The van der Waals surface area contributed by atoms with E-state index in [2.05, 4.69) is 26.7 Å². The number of benzene rings is 1. The number of hydrogen-bond donors (Lipinski definition) is 2. The molecular weight excluding hydrogens is 608 g/mol. The molecule has 0 spiro atoms. The van der Waals surface area contributed by atoms with E-state index in [1.165, 1.54) is 5.56 Å². The maximum absolute atomic E-state index is 14.1. The van der Waals surface area contributed by atoms with Crippen molar-refractivity contribution in [2.24, 2.45) is 0 Å². The molecular formula is C26H23F6N5O3S2. The number of carbonyl (C=O) groups is 1. The molecule has 0 radical (unpaired) electrons. The lowest BCUT2D eigenvalue weighted by Gasteiger charge is -2.21. The topological polar surface area (TPSA) is 104 Å². The van der Waals surface area contributed by atoms with Crippen molar-refractivity contribution in [2.45, 2.75) is 49.0 Å². The standard InChI is InChI=1S/C26H23F6N5O3S2/c27-25(28,29)12-37-5-6-42(39,40)20-9-19(41-22(20)23(37)38)21-17(26(30,31)32)11-34-24(36-21)35-18-8-15-10-33-4-3-14(15)7-16(18)13-1-2-13/h7-9,11,13,33H,1-6,10,12H2,(H,34,35,36). The number of rotatable bonds is 5. The van der Waals surface area contributed by atoms with Crippen molar-refractivity contribution >= 4 is 38.7 Å². The third-order valence-corrected chi connectivity index (χ3v) is 10.3. The summed E-state index contributed by atoms with van der Waals surface area (Å²) < 4.78 is 107. The van der Waals surface area contributed by atoms with Gasteiger partial charge < -0.3 is 15.5 Å². The van der Waals surface area contributed by atoms with Crippen LogP contribution in [0.2, 0.25) is 0 Å². The third kappa shape index (κ3) is 5.71. The first kappa shape index (κ1) is 28.9. The van der Waals surface area contributed by atoms with Gasteiger partial charge in [-0.15, -0.1) is 11.3 Å². The minimum absolute atomic E-state index is 0.180. The van der Waals surface area contributed by atoms with E-state index in [-0.39, 0.29) is 10.8 Å². The molecule has 0 unspecified atom stereocenters. The summed E-state index contributed by atoms with van der Waals surface area (Å²) in [7, 11) is -4.28. The van der Waals surface area contributed by atoms with Crippen LogP contribution < -0.4 is 10.6 Å². The molecule has 2 aliphatic heterocycles. The number of fused-ring (bicyclic) bond motifs is 2. The monoisotopic (exact) mass is 631 g/mol. The zero-order chi connectivity index (χ0) is 30.0. The molecule has 3 aromatic rings. The molecule has 6 rings (SSSR count). The lowest BCUT2D eigenvalue weighted by molar-refractivity contribution is -0.140. The Labute approximate surface area is 240 Å². The van der Waals surface area contributed by atoms with Gasteiger partial charge in [0.2, 0.25) is 5.95 Å². The van der Waals surface area contributed by atoms with Crippen molar-refractivity contribution in [3.05, 3.63) is 51.5 Å². The molecule has 16 heteroatoms. The molecule has 0 atom stereocenters. The zero-order valence-corrected chi connectivity index (χ0v) is 23.3. The minimum Gasteiger partial charge on any atom is -0.328 e. The van der Waals surface area contributed by atoms with Crippen molar-refractivity contribution < 1.29 is 39.6 Å². The average molecular weight is 632 g/mol. The molecule has 1 amide bonds. The molecule has 42 heavy (non-hydrogen) atoms. The largest absolute Gasteiger partial charge is 0.420 e. The molecule has 0 saturated heterocycles. The molecule has 4 heterocycles. The van der Waals surface area contributed by atoms with E-state index < -0.39 is 68.0 Å². The number of carbonyl (C=O) groups excluding carboxylic acids is 1. The van der Waals surface area contributed by atoms with Crippen LogP contribution in [0.25, 0.3) is 10.6 Å². The van der Waals surface area contributed by atoms with Crippen LogP contribution in [0.5, 0.6) is 0 Å². The summed E-state index contributed by atoms with van der Waals surface area (Å²) >= 11 is 0.360. The van der Waals surface area contributed by atoms with Gasteiger partial charge in [-0.1, -0.05) is 6.07 Å². The highest BCUT2D eigenvalue weighted by Crippen LogP contribution is 2.46. The fourth-order valence-corrected chi connectivity index (χ4v) is 8.13. The van der Waals surface area contributed by atoms with Crippen LogP contribution >= 0.6 is 11.3 Å². The lowest BCUT2D eigenvalue weighted by atomic mass is 9.95. The van der Waals surface area contributed by atoms with Crippen LogP contribution in [0, 0.1) is 0 Å². The Morgan fingerprint density at radius 1 is 1.10 bits per heavy atom. The normalized spacial score (nSPS) is 18.8. The summed E-state index contributed by atoms with van der Waals surface area (Å²) in [6.45, 7) is -0.926. The van der Waals surface area contributed by atoms with Crippen molar-refractivity contribution in [2.75, 3.05) is 30.7 Å². The number of amides is 1. The second-order valence-electron chi connectivity index (χ2n) is 10.5. The Balaban J connectivity index is 1.43. The van der Waals surface area contributed by atoms with Gasteiger partial charge in [-0.2, -0.15) is 26.3 Å². The first-order valence-electron chi connectivity index (χ1n) is 13.0. The van der Waals surface area contributed by atoms with Crippen molar-refractivity contribution in [1.82, 2.24) is 20.2 Å². The SMILES string of the molecule is O=C1c2sc(-c3nc(Nc4cc5c(cc4C4CC4)CCNC5)ncc3C(F)(F)F)cc2S(=O)(=O)CCN1CC(F)(F)F. The van der Waals surface area contributed by atoms with Gasteiger partial charge in [-0.3, -0.25) is 4.79 Å². The van der Waals surface area contributed by atoms with E-state index in [1.807, 2.05) is 6.07 Å². The van der Waals surface area contributed by atoms with Gasteiger partial charge in [0, 0.05) is 25.0 Å². The van der Waals surface area contributed by atoms with Gasteiger partial charge in [0.25, 0.3) is 5.91 Å². The number of thiophene rings is 1. The Hall–Kier alpha value is -3.24. The highest BCUT2D eigenvalue weighted by molar-refractivity contribution is 7.91. The van der Waals surface area contributed by atoms with Crippen LogP contribution in [-0.4, -0.2) is 60.8 Å². The molecule has 2 aromatic heterocycles. The molecule has 3 aliphatic rings. The molecule has 1 aliphatic carbocycles. The molecule has 1 aromatic carbocycles. The van der Waals surface area contributed by atoms with E-state index in [1.54, 1.807) is 0 Å². The third-order valence-electron chi connectivity index (χ3n) is 7.36. The first-order chi connectivity index (χ1) is 19.7. The number of nitrogens with one attached hydrogen (secondary N) is 2. The fourth-order valence-electron chi connectivity index (χ4n) is 5.17. The summed E-state index contributed by atoms with van der Waals surface area (Å²) in [6, 6.07) is 4.90. The number of sulfone groups is 1. The van der Waals surface area contributed by atoms with Crippen LogP contribution in [0.1, 0.15) is 50.7 Å². The van der Waals surface area contributed by atoms with E-state index in [9.17, 15) is 39.6 Å². The number of nitrogens with zero attached hydrogens (tertiary/aromatic N) is 3. The van der Waals surface area contributed by atoms with E-state index >= 15 is 0 Å². The molecule has 2 N–H and O–H groups in total. The van der Waals surface area contributed by atoms with Gasteiger partial charge in [0.1, 0.15) is 17.0 Å². The second-order valence-corrected chi connectivity index (χ2v) is 13.6. The molecule has 1 saturated carbocycles. The fraction of sp³-hybridized carbons (Fsp3) is 0.423. The highest BCUT2D eigenvalue weighted by Gasteiger charge is 2.41. The average Bonchev–Trinajstić information content (AvgIpc) is 3.66. The summed E-state index contributed by atoms with van der Waals surface area (Å²) in [4.78, 5) is 19.8. The smallest absolute Gasteiger partial charge is 0.328 e. The van der Waals surface area contributed by atoms with E-state index in [0.29, 0.717) is 40.6 Å². The summed E-state index contributed by atoms with van der Waals surface area (Å²) in [6.07, 6.45) is -6.39. The van der Waals surface area contributed by atoms with Gasteiger partial charge in [0.15, 0.2) is 9.84 Å². The van der Waals surface area contributed by atoms with Crippen molar-refractivity contribution in [3.63, 3.8) is 0 Å². The molecule has 0 bridgehead atoms. The molecule has 224 valence electrons. The Bertz CT molecular complexity index is 1680. The Morgan fingerprint density at radius 3 is 2.55 bits per heavy atom. The Kier molecular flexibility index (Phi) is 7.00. The summed E-state index contributed by atoms with van der Waals surface area (Å²) in [5.74, 6) is -1.92. The van der Waals surface area contributed by atoms with Gasteiger partial charge in [-0.25, -0.2) is 18.4 Å². The van der Waals surface area contributed by atoms with Gasteiger partial charge in [0.05, 0.1) is 21.2 Å². The number of anilines is 2. The van der Waals surface area contributed by atoms with Gasteiger partial charge >= 0.3 is 12.4 Å². The lowest BCUT2D eigenvalue weighted by Crippen LogP contribution is -2.39. The predicted molar refractivity (Wildman–Crippen MR) is 141 cm³/mol. The molecule has 1 fully saturated rings. The maximum Gasteiger partial charge on any atom is 0.420 e. The van der Waals surface area contributed by atoms with Crippen LogP contribution in [-0.2, 0) is 29.0 Å². The van der Waals surface area contributed by atoms with Gasteiger partial charge in [-0.05, 0) is 60.5 Å². The van der Waals surface area contributed by atoms with E-state index in [4.69, 9.17) is 0 Å². The van der Waals surface area contributed by atoms with Crippen LogP contribution in [0.4, 0.5) is 38.0 Å². The Morgan fingerprint density at radius 2 is 1.86 bits per heavy atom. The summed E-state index contributed by atoms with van der Waals surface area (Å²) in [5.41, 5.74) is 1.92. The van der Waals surface area contributed by atoms with Crippen molar-refractivity contribution in [1.29, 1.82) is 0 Å². The number of aromatic nitrogens is 2. The predicted octanol–water partition coefficient (Wildman–Crippen LogP) is 5.28. The number of halogens is 6. The quantitative estimate of drug-likeness (QED) is 0.370. The number of alkyl halides is 6. The van der Waals surface area contributed by atoms with Crippen LogP contribution in [0.15, 0.2) is 29.3 Å². The first-order valence-corrected chi connectivity index (χ1v) is 15.5. The second kappa shape index (κ2) is 10.2.